The molecule has 0 radical (unpaired) electrons. The lowest BCUT2D eigenvalue weighted by molar-refractivity contribution is -0.0179. The molecular weight excluding hydrogens is 569 g/mol. The molecule has 0 spiro atoms. The highest BCUT2D eigenvalue weighted by molar-refractivity contribution is 6.75. The Labute approximate surface area is 251 Å². The van der Waals surface area contributed by atoms with Gasteiger partial charge in [-0.2, -0.15) is 0 Å². The number of hydrogen-bond acceptors (Lipinski definition) is 6. The van der Waals surface area contributed by atoms with Crippen LogP contribution in [-0.4, -0.2) is 59.4 Å². The summed E-state index contributed by atoms with van der Waals surface area (Å²) in [6.45, 7) is 33.4. The monoisotopic (exact) mass is 624 g/mol. The first-order valence-electron chi connectivity index (χ1n) is 14.7. The van der Waals surface area contributed by atoms with Crippen molar-refractivity contribution in [3.05, 3.63) is 32.6 Å². The molecule has 1 aliphatic heterocycles. The minimum Gasteiger partial charge on any atom is -0.414 e. The van der Waals surface area contributed by atoms with Gasteiger partial charge in [0.2, 0.25) is 0 Å². The van der Waals surface area contributed by atoms with Crippen LogP contribution in [0.3, 0.4) is 0 Å². The van der Waals surface area contributed by atoms with E-state index < -0.39 is 60.6 Å². The van der Waals surface area contributed by atoms with Crippen molar-refractivity contribution < 1.29 is 18.0 Å². The normalized spacial score (nSPS) is 23.1. The van der Waals surface area contributed by atoms with Gasteiger partial charge in [-0.25, -0.2) is 4.79 Å². The molecule has 2 rings (SSSR count). The smallest absolute Gasteiger partial charge is 0.329 e. The Morgan fingerprint density at radius 3 is 1.76 bits per heavy atom. The van der Waals surface area contributed by atoms with Crippen LogP contribution in [0.25, 0.3) is 0 Å². The van der Waals surface area contributed by atoms with Gasteiger partial charge in [0.05, 0.1) is 18.7 Å². The summed E-state index contributed by atoms with van der Waals surface area (Å²) in [7, 11) is -6.82. The van der Waals surface area contributed by atoms with Gasteiger partial charge in [0.1, 0.15) is 24.4 Å². The Morgan fingerprint density at radius 2 is 1.32 bits per heavy atom. The third kappa shape index (κ3) is 8.02. The molecule has 1 fully saturated rings. The minimum absolute atomic E-state index is 0.0136. The van der Waals surface area contributed by atoms with Crippen LogP contribution in [-0.2, 0) is 24.6 Å². The predicted octanol–water partition coefficient (Wildman–Crippen LogP) is 6.41. The molecule has 1 N–H and O–H groups in total. The maximum absolute atomic E-state index is 13.3. The van der Waals surface area contributed by atoms with Gasteiger partial charge in [0.15, 0.2) is 25.0 Å². The molecule has 8 nitrogen and oxygen atoms in total. The van der Waals surface area contributed by atoms with Crippen molar-refractivity contribution in [3.63, 3.8) is 0 Å². The third-order valence-electron chi connectivity index (χ3n) is 9.81. The molecule has 0 amide bonds. The summed E-state index contributed by atoms with van der Waals surface area (Å²) in [6.07, 6.45) is 4.77. The molecule has 2 heterocycles. The highest BCUT2D eigenvalue weighted by atomic mass is 28.4. The Kier molecular flexibility index (Phi) is 10.5. The number of aromatic amines is 1. The van der Waals surface area contributed by atoms with E-state index in [2.05, 4.69) is 113 Å². The number of ether oxygens (including phenoxy) is 1. The largest absolute Gasteiger partial charge is 0.414 e. The fraction of sp³-hybridized carbons (Fsp3) is 0.800. The van der Waals surface area contributed by atoms with Crippen molar-refractivity contribution in [3.8, 4) is 12.3 Å². The molecule has 0 saturated carbocycles. The number of aromatic nitrogens is 2. The first kappa shape index (κ1) is 35.9. The highest BCUT2D eigenvalue weighted by Gasteiger charge is 2.55. The molecule has 0 aliphatic carbocycles. The molecule has 0 aromatic carbocycles. The Bertz CT molecular complexity index is 1230. The Hall–Kier alpha value is -1.27. The molecule has 0 bridgehead atoms. The maximum Gasteiger partial charge on any atom is 0.329 e. The molecule has 41 heavy (non-hydrogen) atoms. The van der Waals surface area contributed by atoms with Crippen LogP contribution < -0.4 is 11.2 Å². The summed E-state index contributed by atoms with van der Waals surface area (Å²) in [5.41, 5.74) is -0.750. The topological polar surface area (TPSA) is 91.8 Å². The molecule has 0 unspecified atom stereocenters. The zero-order chi connectivity index (χ0) is 32.0. The van der Waals surface area contributed by atoms with Gasteiger partial charge in [-0.05, 0) is 54.4 Å². The molecule has 234 valence electrons. The number of hydrogen-bond donors (Lipinski definition) is 1. The first-order chi connectivity index (χ1) is 18.3. The van der Waals surface area contributed by atoms with E-state index in [-0.39, 0.29) is 21.7 Å². The van der Waals surface area contributed by atoms with Crippen molar-refractivity contribution in [2.75, 3.05) is 6.61 Å². The van der Waals surface area contributed by atoms with Crippen LogP contribution in [0, 0.1) is 12.3 Å². The van der Waals surface area contributed by atoms with Crippen molar-refractivity contribution in [2.24, 2.45) is 0 Å². The summed E-state index contributed by atoms with van der Waals surface area (Å²) in [4.78, 5) is 28.2. The third-order valence-corrected chi connectivity index (χ3v) is 23.3. The van der Waals surface area contributed by atoms with Gasteiger partial charge in [-0.1, -0.05) is 68.2 Å². The molecule has 1 aliphatic rings. The number of terminal acetylenes is 1. The zero-order valence-electron chi connectivity index (χ0n) is 28.3. The summed E-state index contributed by atoms with van der Waals surface area (Å²) in [5.74, 6) is 2.49. The number of H-pyrrole nitrogens is 1. The van der Waals surface area contributed by atoms with E-state index in [9.17, 15) is 9.59 Å². The Balaban J connectivity index is 2.75. The average Bonchev–Trinajstić information content (AvgIpc) is 3.07. The van der Waals surface area contributed by atoms with E-state index in [0.717, 1.165) is 0 Å². The summed E-state index contributed by atoms with van der Waals surface area (Å²) < 4.78 is 29.0. The van der Waals surface area contributed by atoms with Crippen molar-refractivity contribution in [1.82, 2.24) is 9.55 Å². The molecule has 1 aromatic heterocycles. The second kappa shape index (κ2) is 12.0. The van der Waals surface area contributed by atoms with E-state index in [1.54, 1.807) is 0 Å². The Morgan fingerprint density at radius 1 is 0.854 bits per heavy atom. The maximum atomic E-state index is 13.3. The van der Waals surface area contributed by atoms with E-state index in [0.29, 0.717) is 12.2 Å². The van der Waals surface area contributed by atoms with Gasteiger partial charge in [-0.15, -0.1) is 6.42 Å². The van der Waals surface area contributed by atoms with Crippen molar-refractivity contribution in [1.29, 1.82) is 0 Å². The second-order valence-electron chi connectivity index (χ2n) is 16.0. The molecule has 1 aromatic rings. The number of rotatable bonds is 9. The lowest BCUT2D eigenvalue weighted by Gasteiger charge is -2.44. The highest BCUT2D eigenvalue weighted by Crippen LogP contribution is 2.47. The van der Waals surface area contributed by atoms with Gasteiger partial charge in [-0.3, -0.25) is 14.3 Å². The van der Waals surface area contributed by atoms with Crippen LogP contribution in [0.5, 0.6) is 0 Å². The molecule has 4 atom stereocenters. The minimum atomic E-state index is -2.37. The second-order valence-corrected chi connectivity index (χ2v) is 30.3. The van der Waals surface area contributed by atoms with Crippen LogP contribution in [0.15, 0.2) is 15.8 Å². The van der Waals surface area contributed by atoms with E-state index >= 15 is 0 Å². The number of nitrogens with one attached hydrogen (secondary N) is 1. The van der Waals surface area contributed by atoms with Crippen LogP contribution in [0.1, 0.15) is 74.0 Å². The van der Waals surface area contributed by atoms with Crippen LogP contribution in [0.4, 0.5) is 0 Å². The van der Waals surface area contributed by atoms with Crippen LogP contribution >= 0.6 is 0 Å². The van der Waals surface area contributed by atoms with Gasteiger partial charge < -0.3 is 18.0 Å². The SMILES string of the molecule is C#CCn1cc([C@@H]2O[C@H](CO[Si](C)(C)C(C)(C)C)[C@@H](O[Si](C)(C)C(C)(C)C)[C@H]2O[Si](C)(C)C(C)(C)C)c(=O)[nH]c1=O. The quantitative estimate of drug-likeness (QED) is 0.252. The van der Waals surface area contributed by atoms with Gasteiger partial charge >= 0.3 is 5.69 Å². The van der Waals surface area contributed by atoms with E-state index in [1.807, 2.05) is 0 Å². The fourth-order valence-electron chi connectivity index (χ4n) is 3.87. The van der Waals surface area contributed by atoms with E-state index in [4.69, 9.17) is 24.4 Å². The molecular formula is C30H56N2O6Si3. The summed E-state index contributed by atoms with van der Waals surface area (Å²) >= 11 is 0. The summed E-state index contributed by atoms with van der Waals surface area (Å²) in [6, 6.07) is 0. The van der Waals surface area contributed by atoms with Gasteiger partial charge in [0.25, 0.3) is 5.56 Å². The average molecular weight is 625 g/mol. The zero-order valence-corrected chi connectivity index (χ0v) is 31.3. The van der Waals surface area contributed by atoms with Gasteiger partial charge in [0, 0.05) is 6.20 Å². The molecule has 11 heteroatoms. The lowest BCUT2D eigenvalue weighted by Crippen LogP contribution is -2.54. The van der Waals surface area contributed by atoms with Crippen LogP contribution in [0.2, 0.25) is 54.4 Å². The van der Waals surface area contributed by atoms with Crippen molar-refractivity contribution in [2.45, 2.75) is 148 Å². The number of nitrogens with zero attached hydrogens (tertiary/aromatic N) is 1. The molecule has 1 saturated heterocycles. The predicted molar refractivity (Wildman–Crippen MR) is 175 cm³/mol. The van der Waals surface area contributed by atoms with Crippen molar-refractivity contribution >= 4 is 25.0 Å². The standard InChI is InChI=1S/C30H56N2O6Si3/c1-17-18-32-19-21(26(33)31-27(32)34)23-25(38-41(15,16)30(8,9)10)24(37-40(13,14)29(5,6)7)22(36-23)20-35-39(11,12)28(2,3)4/h1,19,22-25H,18,20H2,2-16H3,(H,31,33,34)/t22-,23+,24-,25+/m1/s1. The van der Waals surface area contributed by atoms with E-state index in [1.165, 1.54) is 10.8 Å². The summed E-state index contributed by atoms with van der Waals surface area (Å²) in [5, 5.41) is -0.141. The fourth-order valence-corrected chi connectivity index (χ4v) is 7.49. The first-order valence-corrected chi connectivity index (χ1v) is 23.4. The lowest BCUT2D eigenvalue weighted by atomic mass is 10.0.